The molecule has 1 rings (SSSR count). The molecule has 5 N–H and O–H groups in total. The number of carboxylic acid groups (broad SMARTS) is 1. The van der Waals surface area contributed by atoms with Gasteiger partial charge in [-0.05, 0) is 12.8 Å². The van der Waals surface area contributed by atoms with Crippen LogP contribution in [-0.2, 0) is 14.4 Å². The molecule has 0 aromatic rings. The van der Waals surface area contributed by atoms with Gasteiger partial charge in [-0.15, -0.1) is 11.8 Å². The van der Waals surface area contributed by atoms with Crippen molar-refractivity contribution >= 4 is 29.5 Å². The first-order valence-corrected chi connectivity index (χ1v) is 19.3. The first-order chi connectivity index (χ1) is 22.1. The SMILES string of the molecule is CCCCCCCCCCCCN(CCCCCCCCCCCC)C(=O)C1CSC([C@@H](O)[C@@H](O)[C@H](O)[C@H](O)C(=O)O)N1C(C)=O. The zero-order valence-electron chi connectivity index (χ0n) is 29.0. The number of aliphatic carboxylic acids is 1. The molecule has 2 amide bonds. The average molecular weight is 675 g/mol. The topological polar surface area (TPSA) is 159 Å². The van der Waals surface area contributed by atoms with Crippen LogP contribution < -0.4 is 0 Å². The summed E-state index contributed by atoms with van der Waals surface area (Å²) in [5.74, 6) is -2.20. The summed E-state index contributed by atoms with van der Waals surface area (Å²) in [5, 5.41) is 48.9. The molecule has 0 aromatic heterocycles. The molecule has 1 aliphatic rings. The van der Waals surface area contributed by atoms with Gasteiger partial charge in [-0.1, -0.05) is 129 Å². The fourth-order valence-electron chi connectivity index (χ4n) is 6.21. The highest BCUT2D eigenvalue weighted by Crippen LogP contribution is 2.34. The van der Waals surface area contributed by atoms with Gasteiger partial charge in [0, 0.05) is 25.8 Å². The Balaban J connectivity index is 2.77. The van der Waals surface area contributed by atoms with Crippen molar-refractivity contribution in [3.63, 3.8) is 0 Å². The summed E-state index contributed by atoms with van der Waals surface area (Å²) in [6.07, 6.45) is 15.6. The number of unbranched alkanes of at least 4 members (excludes halogenated alkanes) is 18. The maximum Gasteiger partial charge on any atom is 0.335 e. The molecule has 0 radical (unpaired) electrons. The van der Waals surface area contributed by atoms with Crippen molar-refractivity contribution in [3.05, 3.63) is 0 Å². The van der Waals surface area contributed by atoms with E-state index in [-0.39, 0.29) is 11.7 Å². The molecule has 0 saturated carbocycles. The number of carbonyl (C=O) groups excluding carboxylic acids is 2. The van der Waals surface area contributed by atoms with Crippen molar-refractivity contribution in [2.75, 3.05) is 18.8 Å². The Bertz CT molecular complexity index is 810. The van der Waals surface area contributed by atoms with Gasteiger partial charge in [0.25, 0.3) is 0 Å². The summed E-state index contributed by atoms with van der Waals surface area (Å²) in [6, 6.07) is -0.845. The molecule has 2 unspecified atom stereocenters. The van der Waals surface area contributed by atoms with Gasteiger partial charge in [0.05, 0.1) is 0 Å². The molecule has 1 fully saturated rings. The molecular weight excluding hydrogens is 608 g/mol. The van der Waals surface area contributed by atoms with E-state index < -0.39 is 47.7 Å². The fourth-order valence-corrected chi connectivity index (χ4v) is 7.70. The third-order valence-electron chi connectivity index (χ3n) is 9.13. The number of carboxylic acids is 1. The highest BCUT2D eigenvalue weighted by Gasteiger charge is 2.48. The predicted octanol–water partition coefficient (Wildman–Crippen LogP) is 5.48. The number of hydrogen-bond acceptors (Lipinski definition) is 8. The lowest BCUT2D eigenvalue weighted by Crippen LogP contribution is -2.57. The van der Waals surface area contributed by atoms with Crippen molar-refractivity contribution in [1.29, 1.82) is 0 Å². The molecule has 11 heteroatoms. The van der Waals surface area contributed by atoms with Gasteiger partial charge in [-0.2, -0.15) is 0 Å². The minimum atomic E-state index is -2.31. The van der Waals surface area contributed by atoms with Gasteiger partial charge in [0.2, 0.25) is 11.8 Å². The summed E-state index contributed by atoms with van der Waals surface area (Å²) in [7, 11) is 0. The van der Waals surface area contributed by atoms with Crippen LogP contribution in [0.3, 0.4) is 0 Å². The Kier molecular flexibility index (Phi) is 23.7. The van der Waals surface area contributed by atoms with Gasteiger partial charge in [0.15, 0.2) is 6.10 Å². The molecule has 270 valence electrons. The number of carbonyl (C=O) groups is 3. The lowest BCUT2D eigenvalue weighted by molar-refractivity contribution is -0.165. The normalized spacial score (nSPS) is 19.2. The number of hydrogen-bond donors (Lipinski definition) is 5. The largest absolute Gasteiger partial charge is 0.479 e. The van der Waals surface area contributed by atoms with Crippen LogP contribution in [0.4, 0.5) is 0 Å². The minimum absolute atomic E-state index is 0.190. The van der Waals surface area contributed by atoms with Crippen molar-refractivity contribution in [2.24, 2.45) is 0 Å². The summed E-state index contributed by atoms with van der Waals surface area (Å²) < 4.78 is 0. The van der Waals surface area contributed by atoms with Crippen molar-refractivity contribution in [3.8, 4) is 0 Å². The molecular formula is C35H66N2O8S. The Morgan fingerprint density at radius 3 is 1.43 bits per heavy atom. The van der Waals surface area contributed by atoms with Crippen molar-refractivity contribution in [2.45, 2.75) is 185 Å². The third kappa shape index (κ3) is 16.1. The van der Waals surface area contributed by atoms with Gasteiger partial charge in [0.1, 0.15) is 29.7 Å². The minimum Gasteiger partial charge on any atom is -0.479 e. The van der Waals surface area contributed by atoms with Crippen LogP contribution in [0.15, 0.2) is 0 Å². The molecule has 1 saturated heterocycles. The summed E-state index contributed by atoms with van der Waals surface area (Å²) in [6.45, 7) is 6.93. The van der Waals surface area contributed by atoms with E-state index in [0.29, 0.717) is 13.1 Å². The Hall–Kier alpha value is -1.40. The number of aliphatic hydroxyl groups excluding tert-OH is 4. The van der Waals surface area contributed by atoms with Crippen LogP contribution in [-0.4, -0.2) is 108 Å². The number of aliphatic hydroxyl groups is 4. The van der Waals surface area contributed by atoms with Crippen LogP contribution in [0, 0.1) is 0 Å². The number of thioether (sulfide) groups is 1. The molecule has 46 heavy (non-hydrogen) atoms. The fraction of sp³-hybridized carbons (Fsp3) is 0.914. The van der Waals surface area contributed by atoms with E-state index in [0.717, 1.165) is 50.3 Å². The van der Waals surface area contributed by atoms with E-state index in [4.69, 9.17) is 5.11 Å². The van der Waals surface area contributed by atoms with Crippen LogP contribution >= 0.6 is 11.8 Å². The highest BCUT2D eigenvalue weighted by molar-refractivity contribution is 8.00. The number of rotatable bonds is 28. The molecule has 0 spiro atoms. The molecule has 0 aliphatic carbocycles. The monoisotopic (exact) mass is 674 g/mol. The first-order valence-electron chi connectivity index (χ1n) is 18.2. The molecule has 0 aromatic carbocycles. The van der Waals surface area contributed by atoms with E-state index in [1.54, 1.807) is 0 Å². The van der Waals surface area contributed by atoms with E-state index >= 15 is 0 Å². The smallest absolute Gasteiger partial charge is 0.335 e. The summed E-state index contributed by atoms with van der Waals surface area (Å²) >= 11 is 1.10. The second kappa shape index (κ2) is 25.6. The average Bonchev–Trinajstić information content (AvgIpc) is 3.49. The quantitative estimate of drug-likeness (QED) is 0.0678. The second-order valence-electron chi connectivity index (χ2n) is 13.1. The van der Waals surface area contributed by atoms with Crippen LogP contribution in [0.1, 0.15) is 149 Å². The third-order valence-corrected chi connectivity index (χ3v) is 10.5. The molecule has 1 heterocycles. The maximum absolute atomic E-state index is 13.9. The van der Waals surface area contributed by atoms with E-state index in [2.05, 4.69) is 13.8 Å². The first kappa shape index (κ1) is 42.6. The van der Waals surface area contributed by atoms with Gasteiger partial charge < -0.3 is 35.3 Å². The van der Waals surface area contributed by atoms with Gasteiger partial charge in [-0.25, -0.2) is 4.79 Å². The van der Waals surface area contributed by atoms with Crippen LogP contribution in [0.5, 0.6) is 0 Å². The number of nitrogens with zero attached hydrogens (tertiary/aromatic N) is 2. The Morgan fingerprint density at radius 1 is 0.674 bits per heavy atom. The standard InChI is InChI=1S/C35H66N2O8S/c1-4-6-8-10-12-14-16-18-20-22-24-36(25-23-21-19-17-15-13-11-9-7-5-2)33(43)28-26-46-34(37(28)27(3)38)31(41)29(39)30(40)32(42)35(44)45/h28-32,34,39-42H,4-26H2,1-3H3,(H,44,45)/t28?,29-,30-,31-,32-,34?/m0/s1. The Labute approximate surface area is 282 Å². The predicted molar refractivity (Wildman–Crippen MR) is 184 cm³/mol. The highest BCUT2D eigenvalue weighted by atomic mass is 32.2. The zero-order valence-corrected chi connectivity index (χ0v) is 29.8. The Morgan fingerprint density at radius 2 is 1.07 bits per heavy atom. The maximum atomic E-state index is 13.9. The summed E-state index contributed by atoms with van der Waals surface area (Å²) in [4.78, 5) is 40.8. The number of amides is 2. The van der Waals surface area contributed by atoms with Gasteiger partial charge >= 0.3 is 5.97 Å². The van der Waals surface area contributed by atoms with Crippen molar-refractivity contribution < 1.29 is 39.9 Å². The lowest BCUT2D eigenvalue weighted by Gasteiger charge is -2.35. The zero-order chi connectivity index (χ0) is 34.3. The second-order valence-corrected chi connectivity index (χ2v) is 14.3. The molecule has 0 bridgehead atoms. The summed E-state index contributed by atoms with van der Waals surface area (Å²) in [5.41, 5.74) is 0. The van der Waals surface area contributed by atoms with Crippen LogP contribution in [0.25, 0.3) is 0 Å². The molecule has 6 atom stereocenters. The van der Waals surface area contributed by atoms with E-state index in [1.807, 2.05) is 4.90 Å². The molecule has 1 aliphatic heterocycles. The van der Waals surface area contributed by atoms with E-state index in [9.17, 15) is 34.8 Å². The lowest BCUT2D eigenvalue weighted by atomic mass is 10.0. The van der Waals surface area contributed by atoms with Gasteiger partial charge in [-0.3, -0.25) is 9.59 Å². The van der Waals surface area contributed by atoms with Crippen molar-refractivity contribution in [1.82, 2.24) is 9.80 Å². The van der Waals surface area contributed by atoms with E-state index in [1.165, 1.54) is 102 Å². The van der Waals surface area contributed by atoms with Crippen LogP contribution in [0.2, 0.25) is 0 Å². The molecule has 10 nitrogen and oxygen atoms in total.